The van der Waals surface area contributed by atoms with Crippen molar-refractivity contribution in [3.63, 3.8) is 0 Å². The molecule has 0 saturated heterocycles. The van der Waals surface area contributed by atoms with E-state index in [0.29, 0.717) is 0 Å². The Balaban J connectivity index is 3.13. The second-order valence-electron chi connectivity index (χ2n) is 1.49. The molecular weight excluding hydrogens is 110 g/mol. The molecule has 0 aliphatic carbocycles. The van der Waals surface area contributed by atoms with E-state index in [1.54, 1.807) is 6.92 Å². The minimum atomic E-state index is -0.678. The summed E-state index contributed by atoms with van der Waals surface area (Å²) in [7, 11) is 0.844. The lowest BCUT2D eigenvalue weighted by Gasteiger charge is -2.01. The number of ether oxygens (including phenoxy) is 1. The highest BCUT2D eigenvalue weighted by atomic mass is 28.1. The number of primary amides is 1. The summed E-state index contributed by atoms with van der Waals surface area (Å²) in [5, 5.41) is 0. The van der Waals surface area contributed by atoms with Crippen molar-refractivity contribution in [2.45, 2.75) is 12.7 Å². The maximum Gasteiger partial charge on any atom is 0.404 e. The molecule has 1 amide bonds. The predicted octanol–water partition coefficient (Wildman–Crippen LogP) is -1.21. The fourth-order valence-corrected chi connectivity index (χ4v) is 0.465. The third-order valence-electron chi connectivity index (χ3n) is 0.352. The lowest BCUT2D eigenvalue weighted by atomic mass is 10.8. The molecular formula is C3H9NO2Si. The summed E-state index contributed by atoms with van der Waals surface area (Å²) in [5.74, 6) is 0. The second-order valence-corrected chi connectivity index (χ2v) is 3.11. The maximum atomic E-state index is 9.83. The number of hydrogen-bond donors (Lipinski definition) is 1. The third kappa shape index (κ3) is 5.49. The molecule has 0 aromatic carbocycles. The monoisotopic (exact) mass is 119 g/mol. The second kappa shape index (κ2) is 2.63. The molecule has 0 radical (unpaired) electrons. The summed E-state index contributed by atoms with van der Waals surface area (Å²) in [6, 6.07) is 0. The average molecular weight is 119 g/mol. The Morgan fingerprint density at radius 3 is 2.43 bits per heavy atom. The lowest BCUT2D eigenvalue weighted by molar-refractivity contribution is 0.149. The molecule has 0 fully saturated rings. The van der Waals surface area contributed by atoms with E-state index in [9.17, 15) is 4.79 Å². The van der Waals surface area contributed by atoms with Crippen molar-refractivity contribution in [1.29, 1.82) is 0 Å². The van der Waals surface area contributed by atoms with Gasteiger partial charge in [0.05, 0.1) is 16.0 Å². The van der Waals surface area contributed by atoms with Gasteiger partial charge >= 0.3 is 6.09 Å². The van der Waals surface area contributed by atoms with E-state index >= 15 is 0 Å². The summed E-state index contributed by atoms with van der Waals surface area (Å²) in [6.45, 7) is 1.80. The third-order valence-corrected chi connectivity index (χ3v) is 0.588. The topological polar surface area (TPSA) is 52.3 Å². The number of nitrogens with two attached hydrogens (primary N) is 1. The van der Waals surface area contributed by atoms with Gasteiger partial charge in [-0.15, -0.1) is 0 Å². The molecule has 1 atom stereocenters. The van der Waals surface area contributed by atoms with Crippen LogP contribution in [0.5, 0.6) is 0 Å². The van der Waals surface area contributed by atoms with Crippen molar-refractivity contribution < 1.29 is 9.53 Å². The van der Waals surface area contributed by atoms with Crippen LogP contribution in [0.15, 0.2) is 0 Å². The van der Waals surface area contributed by atoms with E-state index < -0.39 is 6.09 Å². The van der Waals surface area contributed by atoms with Crippen LogP contribution < -0.4 is 5.73 Å². The molecule has 0 heterocycles. The van der Waals surface area contributed by atoms with Crippen LogP contribution in [-0.4, -0.2) is 22.1 Å². The molecule has 42 valence electrons. The Bertz CT molecular complexity index is 73.3. The molecule has 7 heavy (non-hydrogen) atoms. The Labute approximate surface area is 45.3 Å². The zero-order chi connectivity index (χ0) is 5.86. The van der Waals surface area contributed by atoms with Gasteiger partial charge in [-0.2, -0.15) is 0 Å². The molecule has 0 aromatic heterocycles. The van der Waals surface area contributed by atoms with Gasteiger partial charge in [0, 0.05) is 0 Å². The molecule has 0 aromatic rings. The van der Waals surface area contributed by atoms with Crippen molar-refractivity contribution in [3.05, 3.63) is 0 Å². The molecule has 0 bridgehead atoms. The van der Waals surface area contributed by atoms with Crippen molar-refractivity contribution in [3.8, 4) is 0 Å². The first-order valence-electron chi connectivity index (χ1n) is 2.09. The largest absolute Gasteiger partial charge is 0.452 e. The molecule has 0 saturated carbocycles. The fourth-order valence-electron chi connectivity index (χ4n) is 0.232. The van der Waals surface area contributed by atoms with E-state index in [0.717, 1.165) is 10.2 Å². The highest BCUT2D eigenvalue weighted by molar-refractivity contribution is 6.11. The Kier molecular flexibility index (Phi) is 2.43. The minimum Gasteiger partial charge on any atom is -0.452 e. The van der Waals surface area contributed by atoms with Gasteiger partial charge < -0.3 is 10.5 Å². The van der Waals surface area contributed by atoms with Gasteiger partial charge in [0.1, 0.15) is 0 Å². The minimum absolute atomic E-state index is 0.0394. The molecule has 0 spiro atoms. The molecule has 0 rings (SSSR count). The summed E-state index contributed by atoms with van der Waals surface area (Å²) in [5.41, 5.74) is 4.69. The van der Waals surface area contributed by atoms with Crippen LogP contribution in [0.2, 0.25) is 0 Å². The number of carbonyl (C=O) groups is 1. The maximum absolute atomic E-state index is 9.83. The molecule has 0 aliphatic heterocycles. The van der Waals surface area contributed by atoms with Crippen LogP contribution >= 0.6 is 0 Å². The number of hydrogen-bond acceptors (Lipinski definition) is 2. The highest BCUT2D eigenvalue weighted by Gasteiger charge is 1.94. The normalized spacial score (nSPS) is 13.3. The molecule has 2 N–H and O–H groups in total. The van der Waals surface area contributed by atoms with Gasteiger partial charge in [-0.1, -0.05) is 0 Å². The average Bonchev–Trinajstić information content (AvgIpc) is 1.27. The fraction of sp³-hybridized carbons (Fsp3) is 0.667. The SMILES string of the molecule is CC([SiH3])OC(N)=O. The smallest absolute Gasteiger partial charge is 0.404 e. The molecule has 4 heteroatoms. The van der Waals surface area contributed by atoms with Crippen LogP contribution in [0, 0.1) is 0 Å². The van der Waals surface area contributed by atoms with E-state index in [1.807, 2.05) is 0 Å². The van der Waals surface area contributed by atoms with Gasteiger partial charge in [0.15, 0.2) is 0 Å². The Hall–Kier alpha value is -0.513. The number of carbonyl (C=O) groups excluding carboxylic acids is 1. The van der Waals surface area contributed by atoms with Crippen LogP contribution in [-0.2, 0) is 4.74 Å². The highest BCUT2D eigenvalue weighted by Crippen LogP contribution is 1.79. The quantitative estimate of drug-likeness (QED) is 0.440. The van der Waals surface area contributed by atoms with E-state index in [-0.39, 0.29) is 5.73 Å². The Morgan fingerprint density at radius 1 is 2.00 bits per heavy atom. The van der Waals surface area contributed by atoms with Gasteiger partial charge in [-0.25, -0.2) is 4.79 Å². The molecule has 0 aliphatic rings. The molecule has 3 nitrogen and oxygen atoms in total. The van der Waals surface area contributed by atoms with Gasteiger partial charge in [0.25, 0.3) is 0 Å². The van der Waals surface area contributed by atoms with Gasteiger partial charge in [-0.05, 0) is 6.92 Å². The van der Waals surface area contributed by atoms with E-state index in [4.69, 9.17) is 0 Å². The van der Waals surface area contributed by atoms with Gasteiger partial charge in [0.2, 0.25) is 0 Å². The zero-order valence-electron chi connectivity index (χ0n) is 4.47. The first kappa shape index (κ1) is 6.49. The predicted molar refractivity (Wildman–Crippen MR) is 30.1 cm³/mol. The lowest BCUT2D eigenvalue weighted by Crippen LogP contribution is -2.19. The van der Waals surface area contributed by atoms with Crippen molar-refractivity contribution in [2.75, 3.05) is 0 Å². The van der Waals surface area contributed by atoms with E-state index in [1.165, 1.54) is 0 Å². The Morgan fingerprint density at radius 2 is 2.43 bits per heavy atom. The summed E-state index contributed by atoms with van der Waals surface area (Å²) >= 11 is 0. The zero-order valence-corrected chi connectivity index (χ0v) is 6.47. The first-order chi connectivity index (χ1) is 3.13. The van der Waals surface area contributed by atoms with Crippen molar-refractivity contribution in [2.24, 2.45) is 5.73 Å². The van der Waals surface area contributed by atoms with Crippen LogP contribution in [0.1, 0.15) is 6.92 Å². The standard InChI is InChI=1S/C3H9NO2Si/c1-2(7)6-3(4)5/h2H,1,7H3,(H2,4,5). The molecule has 1 unspecified atom stereocenters. The van der Waals surface area contributed by atoms with Crippen molar-refractivity contribution in [1.82, 2.24) is 0 Å². The summed E-state index contributed by atoms with van der Waals surface area (Å²) < 4.78 is 4.45. The van der Waals surface area contributed by atoms with Crippen molar-refractivity contribution >= 4 is 16.3 Å². The summed E-state index contributed by atoms with van der Waals surface area (Å²) in [4.78, 5) is 9.83. The van der Waals surface area contributed by atoms with Gasteiger partial charge in [-0.3, -0.25) is 0 Å². The van der Waals surface area contributed by atoms with Crippen LogP contribution in [0.3, 0.4) is 0 Å². The number of amides is 1. The summed E-state index contributed by atoms with van der Waals surface area (Å²) in [6.07, 6.45) is -0.678. The van der Waals surface area contributed by atoms with Crippen LogP contribution in [0.25, 0.3) is 0 Å². The first-order valence-corrected chi connectivity index (χ1v) is 3.24. The van der Waals surface area contributed by atoms with Crippen LogP contribution in [0.4, 0.5) is 4.79 Å². The van der Waals surface area contributed by atoms with E-state index in [2.05, 4.69) is 10.5 Å². The number of rotatable bonds is 1.